The Morgan fingerprint density at radius 3 is 2.44 bits per heavy atom. The number of rotatable bonds is 7. The lowest BCUT2D eigenvalue weighted by Gasteiger charge is -2.26. The molecule has 4 atom stereocenters. The van der Waals surface area contributed by atoms with E-state index in [2.05, 4.69) is 29.4 Å². The van der Waals surface area contributed by atoms with Gasteiger partial charge in [-0.05, 0) is 46.5 Å². The second-order valence-electron chi connectivity index (χ2n) is 8.54. The molecule has 6 nitrogen and oxygen atoms in total. The third-order valence-corrected chi connectivity index (χ3v) is 5.66. The zero-order chi connectivity index (χ0) is 18.1. The van der Waals surface area contributed by atoms with Crippen LogP contribution in [0.2, 0.25) is 0 Å². The first kappa shape index (κ1) is 18.6. The molecule has 2 amide bonds. The van der Waals surface area contributed by atoms with E-state index in [-0.39, 0.29) is 35.8 Å². The lowest BCUT2D eigenvalue weighted by Crippen LogP contribution is -2.39. The minimum Gasteiger partial charge on any atom is -0.376 e. The summed E-state index contributed by atoms with van der Waals surface area (Å²) in [6.07, 6.45) is 3.09. The lowest BCUT2D eigenvalue weighted by atomic mass is 9.84. The number of carbonyl (C=O) groups excluding carboxylic acids is 2. The SMILES string of the molecule is CC(C)NC(=O)C[C@@H]1OC[C@@H]2[C@H]1[C@H](CC(=O)NC1CC1)CN2C(C)C. The molecule has 2 saturated heterocycles. The predicted octanol–water partition coefficient (Wildman–Crippen LogP) is 1.29. The number of nitrogens with one attached hydrogen (secondary N) is 2. The summed E-state index contributed by atoms with van der Waals surface area (Å²) in [6, 6.07) is 1.30. The number of amides is 2. The van der Waals surface area contributed by atoms with Crippen LogP contribution in [0.15, 0.2) is 0 Å². The zero-order valence-electron chi connectivity index (χ0n) is 16.0. The fraction of sp³-hybridized carbons (Fsp3) is 0.895. The molecule has 1 aliphatic carbocycles. The Morgan fingerprint density at radius 2 is 1.84 bits per heavy atom. The van der Waals surface area contributed by atoms with Gasteiger partial charge in [-0.3, -0.25) is 14.5 Å². The lowest BCUT2D eigenvalue weighted by molar-refractivity contribution is -0.124. The van der Waals surface area contributed by atoms with Crippen LogP contribution in [0.4, 0.5) is 0 Å². The highest BCUT2D eigenvalue weighted by atomic mass is 16.5. The first-order valence-corrected chi connectivity index (χ1v) is 9.81. The smallest absolute Gasteiger partial charge is 0.222 e. The zero-order valence-corrected chi connectivity index (χ0v) is 16.0. The number of carbonyl (C=O) groups is 2. The maximum absolute atomic E-state index is 12.3. The molecule has 142 valence electrons. The van der Waals surface area contributed by atoms with Gasteiger partial charge in [0.25, 0.3) is 0 Å². The van der Waals surface area contributed by atoms with E-state index in [1.54, 1.807) is 0 Å². The summed E-state index contributed by atoms with van der Waals surface area (Å²) in [5, 5.41) is 6.07. The van der Waals surface area contributed by atoms with Crippen LogP contribution in [0.25, 0.3) is 0 Å². The van der Waals surface area contributed by atoms with Crippen molar-refractivity contribution in [3.63, 3.8) is 0 Å². The quantitative estimate of drug-likeness (QED) is 0.725. The van der Waals surface area contributed by atoms with E-state index in [0.717, 1.165) is 19.4 Å². The molecule has 3 fully saturated rings. The topological polar surface area (TPSA) is 70.7 Å². The van der Waals surface area contributed by atoms with Gasteiger partial charge >= 0.3 is 0 Å². The second-order valence-corrected chi connectivity index (χ2v) is 8.54. The highest BCUT2D eigenvalue weighted by Gasteiger charge is 2.51. The van der Waals surface area contributed by atoms with Crippen molar-refractivity contribution in [3.8, 4) is 0 Å². The predicted molar refractivity (Wildman–Crippen MR) is 96.0 cm³/mol. The van der Waals surface area contributed by atoms with E-state index in [1.807, 2.05) is 13.8 Å². The minimum atomic E-state index is -0.0776. The fourth-order valence-electron chi connectivity index (χ4n) is 4.46. The summed E-state index contributed by atoms with van der Waals surface area (Å²) in [4.78, 5) is 27.0. The molecule has 0 unspecified atom stereocenters. The van der Waals surface area contributed by atoms with Crippen LogP contribution < -0.4 is 10.6 Å². The van der Waals surface area contributed by atoms with Gasteiger partial charge in [0.05, 0.1) is 19.1 Å². The van der Waals surface area contributed by atoms with Gasteiger partial charge in [-0.1, -0.05) is 0 Å². The molecular weight excluding hydrogens is 318 g/mol. The molecule has 0 radical (unpaired) electrons. The molecule has 1 saturated carbocycles. The average Bonchev–Trinajstić information content (AvgIpc) is 3.09. The molecule has 3 aliphatic rings. The monoisotopic (exact) mass is 351 g/mol. The van der Waals surface area contributed by atoms with Crippen molar-refractivity contribution in [1.29, 1.82) is 0 Å². The van der Waals surface area contributed by atoms with Gasteiger partial charge < -0.3 is 15.4 Å². The van der Waals surface area contributed by atoms with E-state index in [1.165, 1.54) is 0 Å². The summed E-state index contributed by atoms with van der Waals surface area (Å²) in [7, 11) is 0. The second kappa shape index (κ2) is 7.62. The molecular formula is C19H33N3O3. The molecule has 3 rings (SSSR count). The Kier molecular flexibility index (Phi) is 5.68. The molecule has 6 heteroatoms. The summed E-state index contributed by atoms with van der Waals surface area (Å²) in [6.45, 7) is 9.93. The van der Waals surface area contributed by atoms with Crippen LogP contribution in [0.1, 0.15) is 53.4 Å². The van der Waals surface area contributed by atoms with Crippen molar-refractivity contribution in [1.82, 2.24) is 15.5 Å². The largest absolute Gasteiger partial charge is 0.376 e. The summed E-state index contributed by atoms with van der Waals surface area (Å²) in [5.74, 6) is 0.745. The van der Waals surface area contributed by atoms with Gasteiger partial charge in [0.1, 0.15) is 0 Å². The Hall–Kier alpha value is -1.14. The first-order valence-electron chi connectivity index (χ1n) is 9.81. The van der Waals surface area contributed by atoms with E-state index in [4.69, 9.17) is 4.74 Å². The molecule has 2 heterocycles. The van der Waals surface area contributed by atoms with E-state index >= 15 is 0 Å². The maximum atomic E-state index is 12.3. The standard InChI is InChI=1S/C19H33N3O3/c1-11(2)20-18(24)8-16-19-13(7-17(23)21-14-5-6-14)9-22(12(3)4)15(19)10-25-16/h11-16,19H,5-10H2,1-4H3,(H,20,24)(H,21,23)/t13-,15-,16+,19-/m1/s1. The minimum absolute atomic E-state index is 0.0461. The van der Waals surface area contributed by atoms with Crippen LogP contribution in [0, 0.1) is 11.8 Å². The normalized spacial score (nSPS) is 32.2. The van der Waals surface area contributed by atoms with Gasteiger partial charge in [-0.15, -0.1) is 0 Å². The van der Waals surface area contributed by atoms with Gasteiger partial charge in [-0.25, -0.2) is 0 Å². The Morgan fingerprint density at radius 1 is 1.12 bits per heavy atom. The van der Waals surface area contributed by atoms with Crippen LogP contribution in [-0.2, 0) is 14.3 Å². The van der Waals surface area contributed by atoms with Crippen LogP contribution in [0.3, 0.4) is 0 Å². The highest BCUT2D eigenvalue weighted by Crippen LogP contribution is 2.42. The number of ether oxygens (including phenoxy) is 1. The number of likely N-dealkylation sites (tertiary alicyclic amines) is 1. The van der Waals surface area contributed by atoms with Crippen molar-refractivity contribution < 1.29 is 14.3 Å². The van der Waals surface area contributed by atoms with Gasteiger partial charge in [0.15, 0.2) is 0 Å². The number of nitrogens with zero attached hydrogens (tertiary/aromatic N) is 1. The fourth-order valence-corrected chi connectivity index (χ4v) is 4.46. The van der Waals surface area contributed by atoms with Crippen LogP contribution in [-0.4, -0.2) is 60.1 Å². The number of hydrogen-bond acceptors (Lipinski definition) is 4. The van der Waals surface area contributed by atoms with Gasteiger partial charge in [-0.2, -0.15) is 0 Å². The highest BCUT2D eigenvalue weighted by molar-refractivity contribution is 5.77. The van der Waals surface area contributed by atoms with Crippen molar-refractivity contribution in [2.75, 3.05) is 13.2 Å². The summed E-state index contributed by atoms with van der Waals surface area (Å²) < 4.78 is 6.02. The average molecular weight is 351 g/mol. The third kappa shape index (κ3) is 4.53. The van der Waals surface area contributed by atoms with E-state index < -0.39 is 0 Å². The molecule has 0 spiro atoms. The Bertz CT molecular complexity index is 504. The molecule has 0 aromatic heterocycles. The van der Waals surface area contributed by atoms with Crippen LogP contribution >= 0.6 is 0 Å². The van der Waals surface area contributed by atoms with Crippen molar-refractivity contribution in [2.24, 2.45) is 11.8 Å². The Balaban J connectivity index is 1.65. The number of hydrogen-bond donors (Lipinski definition) is 2. The molecule has 0 bridgehead atoms. The van der Waals surface area contributed by atoms with Gasteiger partial charge in [0, 0.05) is 43.1 Å². The van der Waals surface area contributed by atoms with Crippen molar-refractivity contribution >= 4 is 11.8 Å². The molecule has 0 aromatic rings. The molecule has 25 heavy (non-hydrogen) atoms. The van der Waals surface area contributed by atoms with E-state index in [9.17, 15) is 9.59 Å². The van der Waals surface area contributed by atoms with E-state index in [0.29, 0.717) is 37.6 Å². The number of fused-ring (bicyclic) bond motifs is 1. The summed E-state index contributed by atoms with van der Waals surface area (Å²) in [5.41, 5.74) is 0. The van der Waals surface area contributed by atoms with Crippen molar-refractivity contribution in [2.45, 2.75) is 83.6 Å². The maximum Gasteiger partial charge on any atom is 0.222 e. The van der Waals surface area contributed by atoms with Crippen molar-refractivity contribution in [3.05, 3.63) is 0 Å². The first-order chi connectivity index (χ1) is 11.8. The molecule has 2 N–H and O–H groups in total. The summed E-state index contributed by atoms with van der Waals surface area (Å²) >= 11 is 0. The third-order valence-electron chi connectivity index (χ3n) is 5.66. The molecule has 2 aliphatic heterocycles. The Labute approximate surface area is 151 Å². The van der Waals surface area contributed by atoms with Gasteiger partial charge in [0.2, 0.25) is 11.8 Å². The van der Waals surface area contributed by atoms with Crippen LogP contribution in [0.5, 0.6) is 0 Å². The molecule has 0 aromatic carbocycles.